The van der Waals surface area contributed by atoms with Gasteiger partial charge < -0.3 is 9.47 Å². The SMILES string of the molecule is CC.CC.Cc1ccc2c(c1)OCO2.Cc1ccccc1. The lowest BCUT2D eigenvalue weighted by atomic mass is 10.2. The Balaban J connectivity index is 0.000000321. The molecule has 0 saturated carbocycles. The van der Waals surface area contributed by atoms with Crippen molar-refractivity contribution >= 4 is 0 Å². The van der Waals surface area contributed by atoms with Crippen molar-refractivity contribution in [1.82, 2.24) is 0 Å². The van der Waals surface area contributed by atoms with Crippen molar-refractivity contribution in [2.24, 2.45) is 0 Å². The van der Waals surface area contributed by atoms with Gasteiger partial charge in [-0.25, -0.2) is 0 Å². The smallest absolute Gasteiger partial charge is 0.231 e. The van der Waals surface area contributed by atoms with Gasteiger partial charge in [-0.1, -0.05) is 69.7 Å². The zero-order valence-electron chi connectivity index (χ0n) is 14.1. The van der Waals surface area contributed by atoms with Gasteiger partial charge in [-0.3, -0.25) is 0 Å². The highest BCUT2D eigenvalue weighted by Gasteiger charge is 2.11. The van der Waals surface area contributed by atoms with Crippen molar-refractivity contribution in [3.63, 3.8) is 0 Å². The number of aryl methyl sites for hydroxylation is 2. The van der Waals surface area contributed by atoms with E-state index in [1.807, 2.05) is 71.0 Å². The summed E-state index contributed by atoms with van der Waals surface area (Å²) < 4.78 is 10.3. The molecule has 0 aliphatic carbocycles. The van der Waals surface area contributed by atoms with Crippen LogP contribution in [0.1, 0.15) is 38.8 Å². The van der Waals surface area contributed by atoms with E-state index >= 15 is 0 Å². The zero-order valence-corrected chi connectivity index (χ0v) is 14.1. The van der Waals surface area contributed by atoms with E-state index in [2.05, 4.69) is 19.1 Å². The lowest BCUT2D eigenvalue weighted by molar-refractivity contribution is 0.174. The fraction of sp³-hybridized carbons (Fsp3) is 0.368. The summed E-state index contributed by atoms with van der Waals surface area (Å²) in [6.07, 6.45) is 0. The Kier molecular flexibility index (Phi) is 10.7. The van der Waals surface area contributed by atoms with Crippen LogP contribution in [0.25, 0.3) is 0 Å². The van der Waals surface area contributed by atoms with E-state index in [0.717, 1.165) is 11.5 Å². The quantitative estimate of drug-likeness (QED) is 0.612. The minimum atomic E-state index is 0.360. The summed E-state index contributed by atoms with van der Waals surface area (Å²) in [5, 5.41) is 0. The van der Waals surface area contributed by atoms with E-state index in [1.165, 1.54) is 11.1 Å². The second kappa shape index (κ2) is 11.8. The van der Waals surface area contributed by atoms with Gasteiger partial charge in [0.25, 0.3) is 0 Å². The van der Waals surface area contributed by atoms with Gasteiger partial charge in [-0.05, 0) is 31.5 Å². The van der Waals surface area contributed by atoms with Crippen LogP contribution in [-0.4, -0.2) is 6.79 Å². The van der Waals surface area contributed by atoms with Gasteiger partial charge in [0.15, 0.2) is 11.5 Å². The van der Waals surface area contributed by atoms with Crippen LogP contribution in [0.2, 0.25) is 0 Å². The standard InChI is InChI=1S/C8H8O2.C7H8.2C2H6/c1-6-2-3-7-8(4-6)10-5-9-7;1-7-5-3-2-4-6-7;2*1-2/h2-4H,5H2,1H3;2-6H,1H3;2*1-2H3. The molecule has 0 N–H and O–H groups in total. The van der Waals surface area contributed by atoms with Gasteiger partial charge in [-0.2, -0.15) is 0 Å². The molecule has 1 heterocycles. The average molecular weight is 288 g/mol. The molecule has 0 atom stereocenters. The van der Waals surface area contributed by atoms with Crippen molar-refractivity contribution < 1.29 is 9.47 Å². The van der Waals surface area contributed by atoms with E-state index in [0.29, 0.717) is 6.79 Å². The first-order chi connectivity index (χ1) is 10.3. The van der Waals surface area contributed by atoms with Gasteiger partial charge in [0, 0.05) is 0 Å². The molecule has 1 aliphatic rings. The largest absolute Gasteiger partial charge is 0.454 e. The average Bonchev–Trinajstić information content (AvgIpc) is 3.00. The zero-order chi connectivity index (χ0) is 16.1. The first-order valence-electron chi connectivity index (χ1n) is 7.63. The number of ether oxygens (including phenoxy) is 2. The van der Waals surface area contributed by atoms with Crippen molar-refractivity contribution in [2.45, 2.75) is 41.5 Å². The molecule has 2 nitrogen and oxygen atoms in total. The fourth-order valence-corrected chi connectivity index (χ4v) is 1.54. The lowest BCUT2D eigenvalue weighted by Gasteiger charge is -1.94. The molecule has 0 amide bonds. The van der Waals surface area contributed by atoms with Crippen molar-refractivity contribution in [2.75, 3.05) is 6.79 Å². The molecule has 0 unspecified atom stereocenters. The predicted molar refractivity (Wildman–Crippen MR) is 91.2 cm³/mol. The normalized spacial score (nSPS) is 10.0. The maximum atomic E-state index is 5.16. The lowest BCUT2D eigenvalue weighted by Crippen LogP contribution is -1.92. The summed E-state index contributed by atoms with van der Waals surface area (Å²) in [6.45, 7) is 12.5. The number of hydrogen-bond donors (Lipinski definition) is 0. The molecule has 3 rings (SSSR count). The monoisotopic (exact) mass is 288 g/mol. The van der Waals surface area contributed by atoms with Crippen LogP contribution in [0.3, 0.4) is 0 Å². The third-order valence-corrected chi connectivity index (χ3v) is 2.47. The van der Waals surface area contributed by atoms with Gasteiger partial charge in [0.1, 0.15) is 0 Å². The first kappa shape index (κ1) is 19.0. The van der Waals surface area contributed by atoms with Gasteiger partial charge in [-0.15, -0.1) is 0 Å². The summed E-state index contributed by atoms with van der Waals surface area (Å²) in [7, 11) is 0. The van der Waals surface area contributed by atoms with Crippen LogP contribution in [0.5, 0.6) is 11.5 Å². The van der Waals surface area contributed by atoms with Gasteiger partial charge >= 0.3 is 0 Å². The topological polar surface area (TPSA) is 18.5 Å². The summed E-state index contributed by atoms with van der Waals surface area (Å²) in [4.78, 5) is 0. The summed E-state index contributed by atoms with van der Waals surface area (Å²) >= 11 is 0. The Morgan fingerprint density at radius 2 is 1.24 bits per heavy atom. The highest BCUT2D eigenvalue weighted by molar-refractivity contribution is 5.43. The number of hydrogen-bond acceptors (Lipinski definition) is 2. The first-order valence-corrected chi connectivity index (χ1v) is 7.63. The second-order valence-electron chi connectivity index (χ2n) is 4.01. The van der Waals surface area contributed by atoms with E-state index in [9.17, 15) is 0 Å². The molecule has 2 aromatic carbocycles. The van der Waals surface area contributed by atoms with Crippen molar-refractivity contribution in [3.8, 4) is 11.5 Å². The number of benzene rings is 2. The molecule has 0 bridgehead atoms. The minimum Gasteiger partial charge on any atom is -0.454 e. The molecular weight excluding hydrogens is 260 g/mol. The van der Waals surface area contributed by atoms with Crippen LogP contribution in [0.15, 0.2) is 48.5 Å². The number of rotatable bonds is 0. The molecule has 0 radical (unpaired) electrons. The molecular formula is C19H28O2. The highest BCUT2D eigenvalue weighted by atomic mass is 16.7. The third kappa shape index (κ3) is 7.40. The maximum absolute atomic E-state index is 5.16. The Morgan fingerprint density at radius 1 is 0.667 bits per heavy atom. The molecule has 2 heteroatoms. The molecule has 0 spiro atoms. The molecule has 0 saturated heterocycles. The summed E-state index contributed by atoms with van der Waals surface area (Å²) in [5.41, 5.74) is 2.52. The van der Waals surface area contributed by atoms with Crippen LogP contribution < -0.4 is 9.47 Å². The minimum absolute atomic E-state index is 0.360. The molecule has 0 fully saturated rings. The van der Waals surface area contributed by atoms with Crippen molar-refractivity contribution in [3.05, 3.63) is 59.7 Å². The Hall–Kier alpha value is -1.96. The third-order valence-electron chi connectivity index (χ3n) is 2.47. The highest BCUT2D eigenvalue weighted by Crippen LogP contribution is 2.31. The summed E-state index contributed by atoms with van der Waals surface area (Å²) in [5.74, 6) is 1.71. The Bertz CT molecular complexity index is 478. The van der Waals surface area contributed by atoms with E-state index < -0.39 is 0 Å². The Labute approximate surface area is 129 Å². The van der Waals surface area contributed by atoms with Crippen LogP contribution in [-0.2, 0) is 0 Å². The second-order valence-corrected chi connectivity index (χ2v) is 4.01. The maximum Gasteiger partial charge on any atom is 0.231 e. The van der Waals surface area contributed by atoms with E-state index in [-0.39, 0.29) is 0 Å². The summed E-state index contributed by atoms with van der Waals surface area (Å²) in [6, 6.07) is 16.2. The predicted octanol–water partition coefficient (Wildman–Crippen LogP) is 5.77. The molecule has 2 aromatic rings. The molecule has 116 valence electrons. The van der Waals surface area contributed by atoms with Crippen LogP contribution in [0, 0.1) is 13.8 Å². The molecule has 0 aromatic heterocycles. The van der Waals surface area contributed by atoms with Crippen LogP contribution >= 0.6 is 0 Å². The molecule has 21 heavy (non-hydrogen) atoms. The number of fused-ring (bicyclic) bond motifs is 1. The Morgan fingerprint density at radius 3 is 1.76 bits per heavy atom. The fourth-order valence-electron chi connectivity index (χ4n) is 1.54. The van der Waals surface area contributed by atoms with E-state index in [1.54, 1.807) is 0 Å². The van der Waals surface area contributed by atoms with E-state index in [4.69, 9.17) is 9.47 Å². The molecule has 1 aliphatic heterocycles. The van der Waals surface area contributed by atoms with Gasteiger partial charge in [0.2, 0.25) is 6.79 Å². The van der Waals surface area contributed by atoms with Crippen molar-refractivity contribution in [1.29, 1.82) is 0 Å². The van der Waals surface area contributed by atoms with Crippen LogP contribution in [0.4, 0.5) is 0 Å². The van der Waals surface area contributed by atoms with Gasteiger partial charge in [0.05, 0.1) is 0 Å².